The number of alkyl halides is 1. The van der Waals surface area contributed by atoms with E-state index in [4.69, 9.17) is 9.47 Å². The summed E-state index contributed by atoms with van der Waals surface area (Å²) >= 11 is 3.13. The Kier molecular flexibility index (Phi) is 6.11. The molecule has 0 aliphatic carbocycles. The second kappa shape index (κ2) is 7.41. The molecule has 16 heavy (non-hydrogen) atoms. The van der Waals surface area contributed by atoms with E-state index in [2.05, 4.69) is 15.9 Å². The van der Waals surface area contributed by atoms with Gasteiger partial charge in [-0.3, -0.25) is 4.79 Å². The van der Waals surface area contributed by atoms with Crippen molar-refractivity contribution in [3.05, 3.63) is 29.8 Å². The Bertz CT molecular complexity index is 322. The standard InChI is InChI=1S/C12H15BrO3/c1-2-15-7-8-16-11-5-3-10(4-6-11)12(14)9-13/h3-6H,2,7-9H2,1H3. The molecule has 0 saturated carbocycles. The van der Waals surface area contributed by atoms with Gasteiger partial charge in [0.05, 0.1) is 11.9 Å². The van der Waals surface area contributed by atoms with Gasteiger partial charge in [0.25, 0.3) is 0 Å². The highest BCUT2D eigenvalue weighted by atomic mass is 79.9. The molecular formula is C12H15BrO3. The first kappa shape index (κ1) is 13.2. The smallest absolute Gasteiger partial charge is 0.173 e. The molecule has 0 radical (unpaired) electrons. The number of benzene rings is 1. The molecule has 4 heteroatoms. The second-order valence-corrected chi connectivity index (χ2v) is 3.69. The van der Waals surface area contributed by atoms with Crippen molar-refractivity contribution in [1.82, 2.24) is 0 Å². The molecule has 0 heterocycles. The van der Waals surface area contributed by atoms with E-state index in [1.54, 1.807) is 24.3 Å². The SMILES string of the molecule is CCOCCOc1ccc(C(=O)CBr)cc1. The number of carbonyl (C=O) groups excluding carboxylic acids is 1. The molecule has 0 aliphatic rings. The zero-order chi connectivity index (χ0) is 11.8. The lowest BCUT2D eigenvalue weighted by molar-refractivity contribution is 0.102. The van der Waals surface area contributed by atoms with Gasteiger partial charge in [0, 0.05) is 12.2 Å². The second-order valence-electron chi connectivity index (χ2n) is 3.13. The zero-order valence-electron chi connectivity index (χ0n) is 9.24. The van der Waals surface area contributed by atoms with E-state index in [-0.39, 0.29) is 5.78 Å². The number of ketones is 1. The molecular weight excluding hydrogens is 272 g/mol. The van der Waals surface area contributed by atoms with E-state index in [9.17, 15) is 4.79 Å². The number of rotatable bonds is 7. The Hall–Kier alpha value is -0.870. The quantitative estimate of drug-likeness (QED) is 0.439. The van der Waals surface area contributed by atoms with E-state index in [1.165, 1.54) is 0 Å². The number of ether oxygens (including phenoxy) is 2. The van der Waals surface area contributed by atoms with Crippen molar-refractivity contribution in [2.24, 2.45) is 0 Å². The molecule has 1 aromatic rings. The van der Waals surface area contributed by atoms with Crippen LogP contribution < -0.4 is 4.74 Å². The average Bonchev–Trinajstić information content (AvgIpc) is 2.34. The van der Waals surface area contributed by atoms with Crippen LogP contribution in [0.3, 0.4) is 0 Å². The van der Waals surface area contributed by atoms with Gasteiger partial charge in [-0.15, -0.1) is 0 Å². The monoisotopic (exact) mass is 286 g/mol. The van der Waals surface area contributed by atoms with Crippen LogP contribution in [-0.4, -0.2) is 30.9 Å². The first-order chi connectivity index (χ1) is 7.77. The maximum absolute atomic E-state index is 11.3. The lowest BCUT2D eigenvalue weighted by Crippen LogP contribution is -2.06. The van der Waals surface area contributed by atoms with Crippen LogP contribution in [0.1, 0.15) is 17.3 Å². The molecule has 0 bridgehead atoms. The van der Waals surface area contributed by atoms with Crippen molar-refractivity contribution in [3.63, 3.8) is 0 Å². The van der Waals surface area contributed by atoms with Crippen LogP contribution in [0.25, 0.3) is 0 Å². The van der Waals surface area contributed by atoms with Gasteiger partial charge in [0.1, 0.15) is 12.4 Å². The van der Waals surface area contributed by atoms with Gasteiger partial charge in [-0.2, -0.15) is 0 Å². The highest BCUT2D eigenvalue weighted by molar-refractivity contribution is 9.09. The van der Waals surface area contributed by atoms with E-state index in [0.717, 1.165) is 5.75 Å². The summed E-state index contributed by atoms with van der Waals surface area (Å²) in [5.41, 5.74) is 0.689. The number of halogens is 1. The molecule has 0 amide bonds. The first-order valence-corrected chi connectivity index (χ1v) is 6.30. The number of hydrogen-bond donors (Lipinski definition) is 0. The Morgan fingerprint density at radius 1 is 1.25 bits per heavy atom. The molecule has 0 spiro atoms. The van der Waals surface area contributed by atoms with Crippen LogP contribution in [0, 0.1) is 0 Å². The fourth-order valence-electron chi connectivity index (χ4n) is 1.18. The van der Waals surface area contributed by atoms with Crippen LogP contribution >= 0.6 is 15.9 Å². The van der Waals surface area contributed by atoms with E-state index in [0.29, 0.717) is 30.7 Å². The minimum Gasteiger partial charge on any atom is -0.491 e. The summed E-state index contributed by atoms with van der Waals surface area (Å²) in [6.45, 7) is 3.75. The maximum Gasteiger partial charge on any atom is 0.173 e. The van der Waals surface area contributed by atoms with E-state index < -0.39 is 0 Å². The third kappa shape index (κ3) is 4.33. The summed E-state index contributed by atoms with van der Waals surface area (Å²) in [5, 5.41) is 0.345. The van der Waals surface area contributed by atoms with Crippen molar-refractivity contribution < 1.29 is 14.3 Å². The molecule has 0 N–H and O–H groups in total. The van der Waals surface area contributed by atoms with Gasteiger partial charge in [-0.05, 0) is 31.2 Å². The van der Waals surface area contributed by atoms with Crippen molar-refractivity contribution in [3.8, 4) is 5.75 Å². The maximum atomic E-state index is 11.3. The first-order valence-electron chi connectivity index (χ1n) is 5.17. The normalized spacial score (nSPS) is 10.1. The van der Waals surface area contributed by atoms with Gasteiger partial charge >= 0.3 is 0 Å². The Balaban J connectivity index is 2.42. The fraction of sp³-hybridized carbons (Fsp3) is 0.417. The lowest BCUT2D eigenvalue weighted by atomic mass is 10.1. The molecule has 0 fully saturated rings. The van der Waals surface area contributed by atoms with Crippen molar-refractivity contribution in [2.75, 3.05) is 25.2 Å². The summed E-state index contributed by atoms with van der Waals surface area (Å²) in [5.74, 6) is 0.826. The van der Waals surface area contributed by atoms with Crippen LogP contribution in [0.5, 0.6) is 5.75 Å². The summed E-state index contributed by atoms with van der Waals surface area (Å²) in [6, 6.07) is 7.11. The van der Waals surface area contributed by atoms with Gasteiger partial charge in [-0.25, -0.2) is 0 Å². The topological polar surface area (TPSA) is 35.5 Å². The van der Waals surface area contributed by atoms with E-state index >= 15 is 0 Å². The predicted octanol–water partition coefficient (Wildman–Crippen LogP) is 2.68. The molecule has 3 nitrogen and oxygen atoms in total. The average molecular weight is 287 g/mol. The lowest BCUT2D eigenvalue weighted by Gasteiger charge is -2.06. The minimum atomic E-state index is 0.0702. The molecule has 0 saturated heterocycles. The van der Waals surface area contributed by atoms with Gasteiger partial charge in [0.15, 0.2) is 5.78 Å². The molecule has 0 aromatic heterocycles. The van der Waals surface area contributed by atoms with E-state index in [1.807, 2.05) is 6.92 Å². The highest BCUT2D eigenvalue weighted by Crippen LogP contribution is 2.13. The molecule has 0 atom stereocenters. The highest BCUT2D eigenvalue weighted by Gasteiger charge is 2.03. The predicted molar refractivity (Wildman–Crippen MR) is 66.6 cm³/mol. The molecule has 0 unspecified atom stereocenters. The van der Waals surface area contributed by atoms with Gasteiger partial charge in [0.2, 0.25) is 0 Å². The summed E-state index contributed by atoms with van der Waals surface area (Å²) < 4.78 is 10.6. The Morgan fingerprint density at radius 2 is 1.94 bits per heavy atom. The number of hydrogen-bond acceptors (Lipinski definition) is 3. The van der Waals surface area contributed by atoms with Crippen molar-refractivity contribution >= 4 is 21.7 Å². The van der Waals surface area contributed by atoms with Crippen LogP contribution in [0.2, 0.25) is 0 Å². The van der Waals surface area contributed by atoms with Crippen LogP contribution in [0.15, 0.2) is 24.3 Å². The number of carbonyl (C=O) groups is 1. The third-order valence-electron chi connectivity index (χ3n) is 2.00. The molecule has 88 valence electrons. The van der Waals surface area contributed by atoms with Crippen molar-refractivity contribution in [1.29, 1.82) is 0 Å². The molecule has 1 rings (SSSR count). The fourth-order valence-corrected chi connectivity index (χ4v) is 1.50. The van der Waals surface area contributed by atoms with Crippen LogP contribution in [0.4, 0.5) is 0 Å². The summed E-state index contributed by atoms with van der Waals surface area (Å²) in [6.07, 6.45) is 0. The Morgan fingerprint density at radius 3 is 2.50 bits per heavy atom. The molecule has 1 aromatic carbocycles. The van der Waals surface area contributed by atoms with Crippen LogP contribution in [-0.2, 0) is 4.74 Å². The van der Waals surface area contributed by atoms with Gasteiger partial charge < -0.3 is 9.47 Å². The largest absolute Gasteiger partial charge is 0.491 e. The Labute approximate surface area is 104 Å². The summed E-state index contributed by atoms with van der Waals surface area (Å²) in [4.78, 5) is 11.3. The van der Waals surface area contributed by atoms with Crippen molar-refractivity contribution in [2.45, 2.75) is 6.92 Å². The third-order valence-corrected chi connectivity index (χ3v) is 2.51. The van der Waals surface area contributed by atoms with Gasteiger partial charge in [-0.1, -0.05) is 15.9 Å². The zero-order valence-corrected chi connectivity index (χ0v) is 10.8. The molecule has 0 aliphatic heterocycles. The number of Topliss-reactive ketones (excluding diaryl/α,β-unsaturated/α-hetero) is 1. The summed E-state index contributed by atoms with van der Waals surface area (Å²) in [7, 11) is 0. The minimum absolute atomic E-state index is 0.0702.